The van der Waals surface area contributed by atoms with Crippen molar-refractivity contribution in [2.45, 2.75) is 115 Å². The second-order valence-electron chi connectivity index (χ2n) is 12.7. The Labute approximate surface area is 198 Å². The lowest BCUT2D eigenvalue weighted by atomic mass is 9.44. The van der Waals surface area contributed by atoms with Crippen LogP contribution in [0.25, 0.3) is 0 Å². The van der Waals surface area contributed by atoms with Gasteiger partial charge in [-0.05, 0) is 104 Å². The van der Waals surface area contributed by atoms with Gasteiger partial charge in [0.25, 0.3) is 0 Å². The highest BCUT2D eigenvalue weighted by Gasteiger charge is 2.61. The van der Waals surface area contributed by atoms with E-state index in [1.54, 1.807) is 0 Å². The molecule has 2 heteroatoms. The Morgan fingerprint density at radius 2 is 1.55 bits per heavy atom. The first kappa shape index (κ1) is 23.1. The van der Waals surface area contributed by atoms with E-state index in [1.807, 2.05) is 0 Å². The topological polar surface area (TPSA) is 0 Å². The molecule has 0 amide bonds. The van der Waals surface area contributed by atoms with Crippen LogP contribution in [0.3, 0.4) is 0 Å². The van der Waals surface area contributed by atoms with E-state index in [4.69, 9.17) is 0 Å². The first-order valence-electron chi connectivity index (χ1n) is 12.9. The van der Waals surface area contributed by atoms with Gasteiger partial charge in [0.05, 0.1) is 0 Å². The van der Waals surface area contributed by atoms with Gasteiger partial charge in [-0.15, -0.1) is 0 Å². The van der Waals surface area contributed by atoms with Gasteiger partial charge >= 0.3 is 0 Å². The van der Waals surface area contributed by atoms with Gasteiger partial charge in [0.2, 0.25) is 0 Å². The number of hydrogen-bond donors (Lipinski definition) is 0. The van der Waals surface area contributed by atoms with Gasteiger partial charge in [-0.2, -0.15) is 0 Å². The maximum atomic E-state index is 4.05. The lowest BCUT2D eigenvalue weighted by molar-refractivity contribution is -0.112. The Balaban J connectivity index is 1.47. The second kappa shape index (κ2) is 8.72. The van der Waals surface area contributed by atoms with Gasteiger partial charge in [-0.1, -0.05) is 85.7 Å². The molecule has 4 rings (SSSR count). The van der Waals surface area contributed by atoms with Crippen LogP contribution >= 0.6 is 31.9 Å². The summed E-state index contributed by atoms with van der Waals surface area (Å²) in [6.45, 7) is 12.8. The summed E-state index contributed by atoms with van der Waals surface area (Å²) in [4.78, 5) is 1.36. The average Bonchev–Trinajstić information content (AvgIpc) is 3.00. The van der Waals surface area contributed by atoms with Crippen LogP contribution in [0, 0.1) is 52.3 Å². The highest BCUT2D eigenvalue weighted by Crippen LogP contribution is 2.68. The van der Waals surface area contributed by atoms with Crippen molar-refractivity contribution in [2.75, 3.05) is 0 Å². The van der Waals surface area contributed by atoms with Gasteiger partial charge in [0.1, 0.15) is 0 Å². The number of rotatable bonds is 5. The molecule has 4 aliphatic rings. The number of hydrogen-bond acceptors (Lipinski definition) is 0. The average molecular weight is 530 g/mol. The normalized spacial score (nSPS) is 50.7. The minimum absolute atomic E-state index is 0.587. The fourth-order valence-corrected chi connectivity index (χ4v) is 10.8. The van der Waals surface area contributed by atoms with E-state index in [0.29, 0.717) is 20.5 Å². The molecule has 29 heavy (non-hydrogen) atoms. The zero-order valence-electron chi connectivity index (χ0n) is 19.7. The van der Waals surface area contributed by atoms with Gasteiger partial charge in [-0.3, -0.25) is 0 Å². The predicted octanol–water partition coefficient (Wildman–Crippen LogP) is 9.24. The van der Waals surface area contributed by atoms with Crippen LogP contribution in [-0.2, 0) is 0 Å². The summed E-state index contributed by atoms with van der Waals surface area (Å²) in [5, 5.41) is 0. The third kappa shape index (κ3) is 4.06. The molecular formula is C27H46Br2. The quantitative estimate of drug-likeness (QED) is 0.311. The van der Waals surface area contributed by atoms with Crippen molar-refractivity contribution in [3.63, 3.8) is 0 Å². The molecule has 10 atom stereocenters. The van der Waals surface area contributed by atoms with Gasteiger partial charge in [-0.25, -0.2) is 0 Å². The standard InChI is InChI=1S/C27H46Br2/c1-17(2)7-6-8-18(3)21-11-12-22-20-10-9-19-15-24(28)25(29)16-27(19,5)23(20)13-14-26(21,22)4/h17-25H,6-16H2,1-5H3/t18-,19?,20+,21-,22+,23+,24?,25?,26-,27+/m1/s1. The molecule has 4 saturated carbocycles. The van der Waals surface area contributed by atoms with Crippen molar-refractivity contribution in [2.24, 2.45) is 52.3 Å². The molecule has 0 heterocycles. The molecular weight excluding hydrogens is 484 g/mol. The van der Waals surface area contributed by atoms with Crippen LogP contribution in [0.15, 0.2) is 0 Å². The van der Waals surface area contributed by atoms with Crippen molar-refractivity contribution in [3.05, 3.63) is 0 Å². The summed E-state index contributed by atoms with van der Waals surface area (Å²) in [7, 11) is 0. The first-order chi connectivity index (χ1) is 13.7. The molecule has 0 aromatic rings. The van der Waals surface area contributed by atoms with Crippen LogP contribution in [0.4, 0.5) is 0 Å². The molecule has 3 unspecified atom stereocenters. The van der Waals surface area contributed by atoms with E-state index in [0.717, 1.165) is 41.4 Å². The van der Waals surface area contributed by atoms with Crippen LogP contribution < -0.4 is 0 Å². The van der Waals surface area contributed by atoms with Crippen molar-refractivity contribution < 1.29 is 0 Å². The maximum Gasteiger partial charge on any atom is 0.0276 e. The minimum atomic E-state index is 0.587. The Morgan fingerprint density at radius 3 is 2.28 bits per heavy atom. The second-order valence-corrected chi connectivity index (χ2v) is 15.0. The van der Waals surface area contributed by atoms with Crippen molar-refractivity contribution >= 4 is 31.9 Å². The van der Waals surface area contributed by atoms with Crippen LogP contribution in [0.1, 0.15) is 105 Å². The molecule has 168 valence electrons. The van der Waals surface area contributed by atoms with E-state index in [1.165, 1.54) is 70.6 Å². The summed E-state index contributed by atoms with van der Waals surface area (Å²) in [6, 6.07) is 0. The van der Waals surface area contributed by atoms with E-state index in [2.05, 4.69) is 66.5 Å². The molecule has 0 saturated heterocycles. The minimum Gasteiger partial charge on any atom is -0.0878 e. The van der Waals surface area contributed by atoms with Gasteiger partial charge < -0.3 is 0 Å². The molecule has 0 aliphatic heterocycles. The summed E-state index contributed by atoms with van der Waals surface area (Å²) < 4.78 is 0. The Bertz CT molecular complexity index is 573. The summed E-state index contributed by atoms with van der Waals surface area (Å²) in [6.07, 6.45) is 16.3. The van der Waals surface area contributed by atoms with E-state index in [9.17, 15) is 0 Å². The molecule has 0 aromatic heterocycles. The van der Waals surface area contributed by atoms with Crippen LogP contribution in [0.5, 0.6) is 0 Å². The van der Waals surface area contributed by atoms with Crippen molar-refractivity contribution in [1.82, 2.24) is 0 Å². The summed E-state index contributed by atoms with van der Waals surface area (Å²) in [5.74, 6) is 6.79. The summed E-state index contributed by atoms with van der Waals surface area (Å²) >= 11 is 8.04. The lowest BCUT2D eigenvalue weighted by Gasteiger charge is -2.62. The van der Waals surface area contributed by atoms with Crippen LogP contribution in [-0.4, -0.2) is 9.65 Å². The molecule has 0 spiro atoms. The van der Waals surface area contributed by atoms with Crippen molar-refractivity contribution in [3.8, 4) is 0 Å². The van der Waals surface area contributed by atoms with E-state index in [-0.39, 0.29) is 0 Å². The van der Waals surface area contributed by atoms with E-state index < -0.39 is 0 Å². The third-order valence-corrected chi connectivity index (χ3v) is 13.5. The highest BCUT2D eigenvalue weighted by atomic mass is 79.9. The molecule has 0 N–H and O–H groups in total. The van der Waals surface area contributed by atoms with E-state index >= 15 is 0 Å². The third-order valence-electron chi connectivity index (χ3n) is 10.8. The number of halogens is 2. The zero-order chi connectivity index (χ0) is 21.0. The predicted molar refractivity (Wildman–Crippen MR) is 134 cm³/mol. The Morgan fingerprint density at radius 1 is 0.828 bits per heavy atom. The Hall–Kier alpha value is 0.960. The fourth-order valence-electron chi connectivity index (χ4n) is 9.23. The molecule has 0 aromatic carbocycles. The van der Waals surface area contributed by atoms with Gasteiger partial charge in [0, 0.05) is 9.65 Å². The lowest BCUT2D eigenvalue weighted by Crippen LogP contribution is -2.55. The SMILES string of the molecule is CC(C)CCC[C@@H](C)[C@H]1CC[C@H]2[C@@H]3CCC4CC(Br)C(Br)C[C@]4(C)[C@H]3CC[C@]12C. The first-order valence-corrected chi connectivity index (χ1v) is 14.8. The molecule has 0 radical (unpaired) electrons. The van der Waals surface area contributed by atoms with Crippen molar-refractivity contribution in [1.29, 1.82) is 0 Å². The monoisotopic (exact) mass is 528 g/mol. The number of alkyl halides is 2. The molecule has 4 fully saturated rings. The van der Waals surface area contributed by atoms with Gasteiger partial charge in [0.15, 0.2) is 0 Å². The maximum absolute atomic E-state index is 4.05. The summed E-state index contributed by atoms with van der Waals surface area (Å²) in [5.41, 5.74) is 1.23. The smallest absolute Gasteiger partial charge is 0.0276 e. The Kier molecular flexibility index (Phi) is 6.95. The molecule has 0 nitrogen and oxygen atoms in total. The zero-order valence-corrected chi connectivity index (χ0v) is 22.9. The van der Waals surface area contributed by atoms with Crippen LogP contribution in [0.2, 0.25) is 0 Å². The fraction of sp³-hybridized carbons (Fsp3) is 1.00. The molecule has 4 aliphatic carbocycles. The largest absolute Gasteiger partial charge is 0.0878 e. The molecule has 0 bridgehead atoms. The highest BCUT2D eigenvalue weighted by molar-refractivity contribution is 9.12. The number of fused-ring (bicyclic) bond motifs is 5.